The van der Waals surface area contributed by atoms with Crippen LogP contribution in [0.1, 0.15) is 31.5 Å². The molecule has 0 aliphatic heterocycles. The number of carbonyl (C=O) groups is 1. The van der Waals surface area contributed by atoms with Gasteiger partial charge in [-0.15, -0.1) is 10.2 Å². The van der Waals surface area contributed by atoms with Gasteiger partial charge in [-0.25, -0.2) is 0 Å². The monoisotopic (exact) mass is 227 g/mol. The molecule has 0 aliphatic rings. The van der Waals surface area contributed by atoms with Crippen molar-refractivity contribution in [3.8, 4) is 0 Å². The molecular formula is C10H17N3O3. The molecule has 1 rings (SSSR count). The van der Waals surface area contributed by atoms with Crippen LogP contribution in [-0.2, 0) is 16.1 Å². The molecule has 1 heterocycles. The Bertz CT molecular complexity index is 325. The Labute approximate surface area is 94.4 Å². The Morgan fingerprint density at radius 1 is 1.50 bits per heavy atom. The van der Waals surface area contributed by atoms with E-state index in [9.17, 15) is 4.79 Å². The van der Waals surface area contributed by atoms with E-state index < -0.39 is 0 Å². The molecule has 0 aliphatic carbocycles. The van der Waals surface area contributed by atoms with Crippen LogP contribution in [0.25, 0.3) is 0 Å². The third-order valence-corrected chi connectivity index (χ3v) is 1.88. The Balaban J connectivity index is 2.02. The number of esters is 1. The van der Waals surface area contributed by atoms with Crippen molar-refractivity contribution in [3.63, 3.8) is 0 Å². The summed E-state index contributed by atoms with van der Waals surface area (Å²) in [7, 11) is 0. The molecule has 90 valence electrons. The van der Waals surface area contributed by atoms with Gasteiger partial charge < -0.3 is 14.5 Å². The van der Waals surface area contributed by atoms with Gasteiger partial charge in [0.1, 0.15) is 0 Å². The molecule has 1 aromatic rings. The molecule has 1 aromatic heterocycles. The lowest BCUT2D eigenvalue weighted by Gasteiger charge is -2.02. The zero-order valence-electron chi connectivity index (χ0n) is 9.65. The minimum atomic E-state index is -0.155. The van der Waals surface area contributed by atoms with E-state index in [1.807, 2.05) is 0 Å². The molecule has 0 radical (unpaired) electrons. The summed E-state index contributed by atoms with van der Waals surface area (Å²) in [5.41, 5.74) is 0. The average molecular weight is 227 g/mol. The van der Waals surface area contributed by atoms with Crippen LogP contribution in [0.4, 0.5) is 0 Å². The molecule has 0 atom stereocenters. The van der Waals surface area contributed by atoms with E-state index >= 15 is 0 Å². The number of aromatic nitrogens is 2. The van der Waals surface area contributed by atoms with Crippen LogP contribution in [-0.4, -0.2) is 29.3 Å². The quantitative estimate of drug-likeness (QED) is 0.548. The van der Waals surface area contributed by atoms with E-state index in [1.54, 1.807) is 13.8 Å². The molecule has 6 heteroatoms. The fraction of sp³-hybridized carbons (Fsp3) is 0.700. The number of hydrogen-bond donors (Lipinski definition) is 1. The number of ether oxygens (including phenoxy) is 1. The van der Waals surface area contributed by atoms with Gasteiger partial charge in [-0.05, 0) is 19.9 Å². The summed E-state index contributed by atoms with van der Waals surface area (Å²) in [6, 6.07) is 0. The van der Waals surface area contributed by atoms with Crippen molar-refractivity contribution in [2.45, 2.75) is 33.2 Å². The summed E-state index contributed by atoms with van der Waals surface area (Å²) < 4.78 is 9.98. The lowest BCUT2D eigenvalue weighted by atomic mass is 10.3. The largest absolute Gasteiger partial charge is 0.466 e. The highest BCUT2D eigenvalue weighted by Crippen LogP contribution is 1.97. The van der Waals surface area contributed by atoms with E-state index in [2.05, 4.69) is 15.5 Å². The number of nitrogens with zero attached hydrogens (tertiary/aromatic N) is 2. The van der Waals surface area contributed by atoms with Crippen LogP contribution < -0.4 is 5.32 Å². The SMILES string of the molecule is CCOC(=O)CCCNCc1nnc(C)o1. The van der Waals surface area contributed by atoms with Gasteiger partial charge in [0.2, 0.25) is 11.8 Å². The number of carbonyl (C=O) groups excluding carboxylic acids is 1. The third-order valence-electron chi connectivity index (χ3n) is 1.88. The van der Waals surface area contributed by atoms with Gasteiger partial charge in [-0.1, -0.05) is 0 Å². The van der Waals surface area contributed by atoms with Crippen molar-refractivity contribution in [2.75, 3.05) is 13.2 Å². The predicted octanol–water partition coefficient (Wildman–Crippen LogP) is 0.811. The number of hydrogen-bond acceptors (Lipinski definition) is 6. The first kappa shape index (κ1) is 12.6. The summed E-state index contributed by atoms with van der Waals surface area (Å²) in [4.78, 5) is 11.0. The zero-order chi connectivity index (χ0) is 11.8. The Morgan fingerprint density at radius 2 is 2.31 bits per heavy atom. The van der Waals surface area contributed by atoms with Gasteiger partial charge in [0, 0.05) is 13.3 Å². The molecule has 6 nitrogen and oxygen atoms in total. The third kappa shape index (κ3) is 4.88. The fourth-order valence-electron chi connectivity index (χ4n) is 1.20. The minimum absolute atomic E-state index is 0.155. The lowest BCUT2D eigenvalue weighted by Crippen LogP contribution is -2.16. The highest BCUT2D eigenvalue weighted by atomic mass is 16.5. The van der Waals surface area contributed by atoms with Gasteiger partial charge in [-0.2, -0.15) is 0 Å². The molecule has 0 amide bonds. The molecule has 0 spiro atoms. The molecule has 0 aromatic carbocycles. The van der Waals surface area contributed by atoms with Crippen molar-refractivity contribution in [1.29, 1.82) is 0 Å². The maximum absolute atomic E-state index is 11.0. The van der Waals surface area contributed by atoms with Crippen molar-refractivity contribution in [1.82, 2.24) is 15.5 Å². The zero-order valence-corrected chi connectivity index (χ0v) is 9.65. The van der Waals surface area contributed by atoms with Crippen LogP contribution in [0.15, 0.2) is 4.42 Å². The topological polar surface area (TPSA) is 77.2 Å². The van der Waals surface area contributed by atoms with Gasteiger partial charge >= 0.3 is 5.97 Å². The number of nitrogens with one attached hydrogen (secondary N) is 1. The second-order valence-corrected chi connectivity index (χ2v) is 3.30. The van der Waals surface area contributed by atoms with Gasteiger partial charge in [0.15, 0.2) is 0 Å². The Morgan fingerprint density at radius 3 is 2.94 bits per heavy atom. The first-order valence-corrected chi connectivity index (χ1v) is 5.37. The predicted molar refractivity (Wildman–Crippen MR) is 56.6 cm³/mol. The summed E-state index contributed by atoms with van der Waals surface area (Å²) >= 11 is 0. The summed E-state index contributed by atoms with van der Waals surface area (Å²) in [5.74, 6) is 0.967. The van der Waals surface area contributed by atoms with Crippen LogP contribution in [0.3, 0.4) is 0 Å². The van der Waals surface area contributed by atoms with Crippen molar-refractivity contribution in [2.24, 2.45) is 0 Å². The summed E-state index contributed by atoms with van der Waals surface area (Å²) in [6.45, 7) is 5.24. The molecule has 0 unspecified atom stereocenters. The van der Waals surface area contributed by atoms with Gasteiger partial charge in [0.05, 0.1) is 13.2 Å². The number of rotatable bonds is 7. The van der Waals surface area contributed by atoms with Crippen molar-refractivity contribution in [3.05, 3.63) is 11.8 Å². The van der Waals surface area contributed by atoms with Gasteiger partial charge in [-0.3, -0.25) is 4.79 Å². The van der Waals surface area contributed by atoms with E-state index in [0.29, 0.717) is 31.4 Å². The first-order chi connectivity index (χ1) is 7.72. The average Bonchev–Trinajstić information content (AvgIpc) is 2.64. The highest BCUT2D eigenvalue weighted by molar-refractivity contribution is 5.69. The normalized spacial score (nSPS) is 10.4. The van der Waals surface area contributed by atoms with Crippen LogP contribution in [0.5, 0.6) is 0 Å². The first-order valence-electron chi connectivity index (χ1n) is 5.37. The van der Waals surface area contributed by atoms with Gasteiger partial charge in [0.25, 0.3) is 0 Å². The maximum Gasteiger partial charge on any atom is 0.305 e. The van der Waals surface area contributed by atoms with E-state index in [4.69, 9.17) is 9.15 Å². The van der Waals surface area contributed by atoms with E-state index in [-0.39, 0.29) is 5.97 Å². The van der Waals surface area contributed by atoms with Crippen LogP contribution >= 0.6 is 0 Å². The molecular weight excluding hydrogens is 210 g/mol. The summed E-state index contributed by atoms with van der Waals surface area (Å²) in [6.07, 6.45) is 1.18. The van der Waals surface area contributed by atoms with E-state index in [1.165, 1.54) is 0 Å². The highest BCUT2D eigenvalue weighted by Gasteiger charge is 2.02. The minimum Gasteiger partial charge on any atom is -0.466 e. The summed E-state index contributed by atoms with van der Waals surface area (Å²) in [5, 5.41) is 10.7. The van der Waals surface area contributed by atoms with Crippen LogP contribution in [0.2, 0.25) is 0 Å². The Kier molecular flexibility index (Phi) is 5.49. The molecule has 0 saturated heterocycles. The van der Waals surface area contributed by atoms with Crippen molar-refractivity contribution >= 4 is 5.97 Å². The second kappa shape index (κ2) is 6.95. The standard InChI is InChI=1S/C10H17N3O3/c1-3-15-10(14)5-4-6-11-7-9-13-12-8(2)16-9/h11H,3-7H2,1-2H3. The molecule has 0 fully saturated rings. The number of aryl methyl sites for hydroxylation is 1. The van der Waals surface area contributed by atoms with Crippen molar-refractivity contribution < 1.29 is 13.9 Å². The molecule has 1 N–H and O–H groups in total. The molecule has 0 bridgehead atoms. The van der Waals surface area contributed by atoms with Crippen LogP contribution in [0, 0.1) is 6.92 Å². The van der Waals surface area contributed by atoms with E-state index in [0.717, 1.165) is 13.0 Å². The fourth-order valence-corrected chi connectivity index (χ4v) is 1.20. The lowest BCUT2D eigenvalue weighted by molar-refractivity contribution is -0.143. The molecule has 0 saturated carbocycles. The smallest absolute Gasteiger partial charge is 0.305 e. The maximum atomic E-state index is 11.0. The second-order valence-electron chi connectivity index (χ2n) is 3.30. The Hall–Kier alpha value is -1.43. The molecule has 16 heavy (non-hydrogen) atoms.